The van der Waals surface area contributed by atoms with E-state index in [-0.39, 0.29) is 24.4 Å². The SMILES string of the molecule is CCOc1ccccc1OC1CCN(C(=O)c2ccccc2N)CC1.Cl. The topological polar surface area (TPSA) is 64.8 Å². The molecule has 0 aromatic heterocycles. The molecule has 1 saturated heterocycles. The number of benzene rings is 2. The van der Waals surface area contributed by atoms with E-state index in [0.717, 1.165) is 24.3 Å². The third-order valence-electron chi connectivity index (χ3n) is 4.36. The molecule has 1 aliphatic heterocycles. The number of hydrogen-bond donors (Lipinski definition) is 1. The molecule has 0 saturated carbocycles. The number of nitrogens with zero attached hydrogens (tertiary/aromatic N) is 1. The molecule has 0 atom stereocenters. The molecular weight excluding hydrogens is 352 g/mol. The average Bonchev–Trinajstić information content (AvgIpc) is 2.64. The Kier molecular flexibility index (Phi) is 7.16. The number of halogens is 1. The summed E-state index contributed by atoms with van der Waals surface area (Å²) < 4.78 is 11.7. The highest BCUT2D eigenvalue weighted by Crippen LogP contribution is 2.29. The molecule has 1 aliphatic rings. The first-order valence-corrected chi connectivity index (χ1v) is 8.71. The monoisotopic (exact) mass is 376 g/mol. The number of anilines is 1. The molecule has 1 amide bonds. The summed E-state index contributed by atoms with van der Waals surface area (Å²) in [7, 11) is 0. The van der Waals surface area contributed by atoms with Gasteiger partial charge in [0.2, 0.25) is 0 Å². The van der Waals surface area contributed by atoms with Crippen molar-refractivity contribution in [2.24, 2.45) is 0 Å². The summed E-state index contributed by atoms with van der Waals surface area (Å²) in [6, 6.07) is 14.9. The van der Waals surface area contributed by atoms with Gasteiger partial charge in [-0.3, -0.25) is 4.79 Å². The van der Waals surface area contributed by atoms with Gasteiger partial charge in [0.05, 0.1) is 12.2 Å². The van der Waals surface area contributed by atoms with Gasteiger partial charge in [0.15, 0.2) is 11.5 Å². The fraction of sp³-hybridized carbons (Fsp3) is 0.350. The molecule has 1 fully saturated rings. The Morgan fingerprint density at radius 3 is 2.35 bits per heavy atom. The average molecular weight is 377 g/mol. The zero-order valence-corrected chi connectivity index (χ0v) is 15.7. The predicted octanol–water partition coefficient (Wildman–Crippen LogP) is 3.77. The molecule has 0 spiro atoms. The summed E-state index contributed by atoms with van der Waals surface area (Å²) in [5.41, 5.74) is 7.01. The van der Waals surface area contributed by atoms with Gasteiger partial charge < -0.3 is 20.1 Å². The second-order valence-electron chi connectivity index (χ2n) is 6.08. The second kappa shape index (κ2) is 9.34. The van der Waals surface area contributed by atoms with Crippen LogP contribution in [0.25, 0.3) is 0 Å². The lowest BCUT2D eigenvalue weighted by Crippen LogP contribution is -2.42. The maximum absolute atomic E-state index is 12.6. The number of hydrogen-bond acceptors (Lipinski definition) is 4. The number of piperidine rings is 1. The minimum Gasteiger partial charge on any atom is -0.490 e. The molecule has 5 nitrogen and oxygen atoms in total. The van der Waals surface area contributed by atoms with E-state index in [4.69, 9.17) is 15.2 Å². The quantitative estimate of drug-likeness (QED) is 0.806. The van der Waals surface area contributed by atoms with E-state index in [1.807, 2.05) is 48.2 Å². The number of amides is 1. The van der Waals surface area contributed by atoms with Crippen LogP contribution in [0.4, 0.5) is 5.69 Å². The van der Waals surface area contributed by atoms with Crippen LogP contribution in [-0.4, -0.2) is 36.6 Å². The predicted molar refractivity (Wildman–Crippen MR) is 105 cm³/mol. The smallest absolute Gasteiger partial charge is 0.255 e. The van der Waals surface area contributed by atoms with Crippen molar-refractivity contribution < 1.29 is 14.3 Å². The van der Waals surface area contributed by atoms with E-state index in [0.29, 0.717) is 30.9 Å². The Morgan fingerprint density at radius 1 is 1.08 bits per heavy atom. The van der Waals surface area contributed by atoms with Gasteiger partial charge in [-0.15, -0.1) is 12.4 Å². The van der Waals surface area contributed by atoms with Gasteiger partial charge in [0.25, 0.3) is 5.91 Å². The van der Waals surface area contributed by atoms with Gasteiger partial charge in [-0.25, -0.2) is 0 Å². The molecule has 6 heteroatoms. The van der Waals surface area contributed by atoms with Crippen LogP contribution in [0.2, 0.25) is 0 Å². The van der Waals surface area contributed by atoms with E-state index in [9.17, 15) is 4.79 Å². The highest BCUT2D eigenvalue weighted by molar-refractivity contribution is 5.99. The maximum Gasteiger partial charge on any atom is 0.255 e. The number of nitrogen functional groups attached to an aromatic ring is 1. The molecule has 1 heterocycles. The Morgan fingerprint density at radius 2 is 1.69 bits per heavy atom. The lowest BCUT2D eigenvalue weighted by atomic mass is 10.1. The van der Waals surface area contributed by atoms with Gasteiger partial charge in [0.1, 0.15) is 6.10 Å². The molecule has 0 bridgehead atoms. The molecular formula is C20H25ClN2O3. The Balaban J connectivity index is 0.00000243. The van der Waals surface area contributed by atoms with Crippen molar-refractivity contribution in [2.45, 2.75) is 25.9 Å². The summed E-state index contributed by atoms with van der Waals surface area (Å²) >= 11 is 0. The van der Waals surface area contributed by atoms with Crippen LogP contribution in [0.15, 0.2) is 48.5 Å². The van der Waals surface area contributed by atoms with Gasteiger partial charge >= 0.3 is 0 Å². The molecule has 2 aromatic rings. The van der Waals surface area contributed by atoms with E-state index in [1.54, 1.807) is 12.1 Å². The zero-order valence-electron chi connectivity index (χ0n) is 14.9. The summed E-state index contributed by atoms with van der Waals surface area (Å²) in [5, 5.41) is 0. The normalized spacial score (nSPS) is 14.4. The summed E-state index contributed by atoms with van der Waals surface area (Å²) in [5.74, 6) is 1.52. The van der Waals surface area contributed by atoms with Crippen molar-refractivity contribution >= 4 is 24.0 Å². The van der Waals surface area contributed by atoms with E-state index in [1.165, 1.54) is 0 Å². The van der Waals surface area contributed by atoms with Crippen molar-refractivity contribution in [2.75, 3.05) is 25.4 Å². The van der Waals surface area contributed by atoms with Crippen molar-refractivity contribution in [3.05, 3.63) is 54.1 Å². The second-order valence-corrected chi connectivity index (χ2v) is 6.08. The highest BCUT2D eigenvalue weighted by Gasteiger charge is 2.26. The summed E-state index contributed by atoms with van der Waals surface area (Å²) in [6.45, 7) is 3.88. The Labute approximate surface area is 160 Å². The third-order valence-corrected chi connectivity index (χ3v) is 4.36. The lowest BCUT2D eigenvalue weighted by Gasteiger charge is -2.32. The maximum atomic E-state index is 12.6. The van der Waals surface area contributed by atoms with E-state index in [2.05, 4.69) is 0 Å². The molecule has 2 aromatic carbocycles. The van der Waals surface area contributed by atoms with E-state index >= 15 is 0 Å². The number of likely N-dealkylation sites (tertiary alicyclic amines) is 1. The van der Waals surface area contributed by atoms with Crippen LogP contribution in [0.1, 0.15) is 30.1 Å². The molecule has 140 valence electrons. The van der Waals surface area contributed by atoms with Crippen LogP contribution >= 0.6 is 12.4 Å². The summed E-state index contributed by atoms with van der Waals surface area (Å²) in [4.78, 5) is 14.5. The van der Waals surface area contributed by atoms with Gasteiger partial charge in [0, 0.05) is 31.6 Å². The van der Waals surface area contributed by atoms with Crippen LogP contribution in [-0.2, 0) is 0 Å². The number of ether oxygens (including phenoxy) is 2. The van der Waals surface area contributed by atoms with Crippen LogP contribution in [0.5, 0.6) is 11.5 Å². The standard InChI is InChI=1S/C20H24N2O3.ClH/c1-2-24-18-9-5-6-10-19(18)25-15-11-13-22(14-12-15)20(23)16-7-3-4-8-17(16)21;/h3-10,15H,2,11-14,21H2,1H3;1H. The van der Waals surface area contributed by atoms with Gasteiger partial charge in [-0.05, 0) is 31.2 Å². The molecule has 0 aliphatic carbocycles. The van der Waals surface area contributed by atoms with Crippen molar-refractivity contribution in [3.8, 4) is 11.5 Å². The van der Waals surface area contributed by atoms with Crippen molar-refractivity contribution in [1.29, 1.82) is 0 Å². The third kappa shape index (κ3) is 4.61. The first kappa shape index (κ1) is 19.9. The Bertz CT molecular complexity index is 731. The number of para-hydroxylation sites is 3. The minimum absolute atomic E-state index is 0. The Hall–Kier alpha value is -2.40. The molecule has 26 heavy (non-hydrogen) atoms. The fourth-order valence-electron chi connectivity index (χ4n) is 3.04. The number of rotatable bonds is 5. The molecule has 0 radical (unpaired) electrons. The van der Waals surface area contributed by atoms with Crippen molar-refractivity contribution in [1.82, 2.24) is 4.90 Å². The fourth-order valence-corrected chi connectivity index (χ4v) is 3.04. The highest BCUT2D eigenvalue weighted by atomic mass is 35.5. The number of carbonyl (C=O) groups excluding carboxylic acids is 1. The van der Waals surface area contributed by atoms with Crippen LogP contribution in [0, 0.1) is 0 Å². The van der Waals surface area contributed by atoms with Crippen molar-refractivity contribution in [3.63, 3.8) is 0 Å². The van der Waals surface area contributed by atoms with Gasteiger partial charge in [-0.2, -0.15) is 0 Å². The molecule has 3 rings (SSSR count). The molecule has 2 N–H and O–H groups in total. The first-order chi connectivity index (χ1) is 12.2. The van der Waals surface area contributed by atoms with E-state index < -0.39 is 0 Å². The molecule has 0 unspecified atom stereocenters. The summed E-state index contributed by atoms with van der Waals surface area (Å²) in [6.07, 6.45) is 1.66. The largest absolute Gasteiger partial charge is 0.490 e. The van der Waals surface area contributed by atoms with Crippen LogP contribution in [0.3, 0.4) is 0 Å². The van der Waals surface area contributed by atoms with Crippen LogP contribution < -0.4 is 15.2 Å². The van der Waals surface area contributed by atoms with Gasteiger partial charge in [-0.1, -0.05) is 24.3 Å². The number of nitrogens with two attached hydrogens (primary N) is 1. The first-order valence-electron chi connectivity index (χ1n) is 8.71. The minimum atomic E-state index is -0.00809. The number of carbonyl (C=O) groups is 1. The zero-order chi connectivity index (χ0) is 17.6. The lowest BCUT2D eigenvalue weighted by molar-refractivity contribution is 0.0590.